The van der Waals surface area contributed by atoms with Gasteiger partial charge >= 0.3 is 0 Å². The molecule has 1 atom stereocenters. The van der Waals surface area contributed by atoms with Crippen molar-refractivity contribution in [3.63, 3.8) is 0 Å². The van der Waals surface area contributed by atoms with E-state index in [1.165, 1.54) is 0 Å². The molecular formula is C13H22N2O2. The molecule has 1 aromatic rings. The third-order valence-corrected chi connectivity index (χ3v) is 2.55. The smallest absolute Gasteiger partial charge is 0.120 e. The number of hydrogen-bond acceptors (Lipinski definition) is 4. The first kappa shape index (κ1) is 13.8. The lowest BCUT2D eigenvalue weighted by molar-refractivity contribution is 0.148. The second-order valence-electron chi connectivity index (χ2n) is 4.48. The molecule has 1 rings (SSSR count). The fourth-order valence-corrected chi connectivity index (χ4v) is 1.63. The number of aliphatic hydroxyl groups excluding tert-OH is 1. The van der Waals surface area contributed by atoms with Gasteiger partial charge in [0.2, 0.25) is 0 Å². The van der Waals surface area contributed by atoms with E-state index in [4.69, 9.17) is 4.74 Å². The number of ether oxygens (including phenoxy) is 1. The van der Waals surface area contributed by atoms with Crippen molar-refractivity contribution in [2.75, 3.05) is 39.6 Å². The zero-order valence-corrected chi connectivity index (χ0v) is 11.0. The fourth-order valence-electron chi connectivity index (χ4n) is 1.63. The van der Waals surface area contributed by atoms with Gasteiger partial charge in [0.15, 0.2) is 0 Å². The largest absolute Gasteiger partial charge is 0.497 e. The summed E-state index contributed by atoms with van der Waals surface area (Å²) in [6.07, 6.45) is -0.379. The number of anilines is 1. The number of hydrogen-bond donors (Lipinski definition) is 2. The number of aliphatic hydroxyl groups is 1. The van der Waals surface area contributed by atoms with E-state index in [1.54, 1.807) is 7.11 Å². The number of likely N-dealkylation sites (N-methyl/N-ethyl adjacent to an activating group) is 1. The SMILES string of the molecule is COc1ccc(C)c(NCC(O)CN(C)C)c1. The van der Waals surface area contributed by atoms with E-state index in [0.717, 1.165) is 17.0 Å². The summed E-state index contributed by atoms with van der Waals surface area (Å²) in [7, 11) is 5.54. The molecule has 4 heteroatoms. The number of aryl methyl sites for hydroxylation is 1. The highest BCUT2D eigenvalue weighted by atomic mass is 16.5. The Kier molecular flexibility index (Phi) is 5.25. The Bertz CT molecular complexity index is 353. The van der Waals surface area contributed by atoms with Crippen molar-refractivity contribution in [2.45, 2.75) is 13.0 Å². The molecule has 0 amide bonds. The summed E-state index contributed by atoms with van der Waals surface area (Å²) in [5.74, 6) is 0.820. The lowest BCUT2D eigenvalue weighted by atomic mass is 10.2. The minimum atomic E-state index is -0.379. The average Bonchev–Trinajstić information content (AvgIpc) is 2.27. The Labute approximate surface area is 103 Å². The first-order valence-corrected chi connectivity index (χ1v) is 5.74. The van der Waals surface area contributed by atoms with Gasteiger partial charge in [-0.05, 0) is 32.6 Å². The van der Waals surface area contributed by atoms with Gasteiger partial charge in [0.25, 0.3) is 0 Å². The molecule has 1 aromatic carbocycles. The quantitative estimate of drug-likeness (QED) is 0.785. The molecule has 0 heterocycles. The third kappa shape index (κ3) is 4.63. The van der Waals surface area contributed by atoms with Crippen molar-refractivity contribution >= 4 is 5.69 Å². The molecule has 0 spiro atoms. The minimum Gasteiger partial charge on any atom is -0.497 e. The second-order valence-corrected chi connectivity index (χ2v) is 4.48. The predicted octanol–water partition coefficient (Wildman–Crippen LogP) is 1.34. The topological polar surface area (TPSA) is 44.7 Å². The van der Waals surface area contributed by atoms with E-state index >= 15 is 0 Å². The summed E-state index contributed by atoms with van der Waals surface area (Å²) in [5, 5.41) is 13.0. The van der Waals surface area contributed by atoms with E-state index < -0.39 is 0 Å². The molecule has 0 aromatic heterocycles. The molecular weight excluding hydrogens is 216 g/mol. The number of methoxy groups -OCH3 is 1. The van der Waals surface area contributed by atoms with Gasteiger partial charge in [-0.1, -0.05) is 6.07 Å². The van der Waals surface area contributed by atoms with Crippen LogP contribution in [0.25, 0.3) is 0 Å². The van der Waals surface area contributed by atoms with Gasteiger partial charge in [-0.3, -0.25) is 0 Å². The summed E-state index contributed by atoms with van der Waals surface area (Å²) in [6.45, 7) is 3.21. The highest BCUT2D eigenvalue weighted by Gasteiger charge is 2.06. The lowest BCUT2D eigenvalue weighted by Crippen LogP contribution is -2.31. The van der Waals surface area contributed by atoms with Crippen LogP contribution in [0.4, 0.5) is 5.69 Å². The van der Waals surface area contributed by atoms with Gasteiger partial charge in [-0.15, -0.1) is 0 Å². The molecule has 4 nitrogen and oxygen atoms in total. The van der Waals surface area contributed by atoms with Crippen LogP contribution >= 0.6 is 0 Å². The lowest BCUT2D eigenvalue weighted by Gasteiger charge is -2.18. The van der Waals surface area contributed by atoms with Gasteiger partial charge in [0.05, 0.1) is 13.2 Å². The zero-order valence-electron chi connectivity index (χ0n) is 11.0. The van der Waals surface area contributed by atoms with Crippen molar-refractivity contribution in [1.29, 1.82) is 0 Å². The van der Waals surface area contributed by atoms with Gasteiger partial charge in [0, 0.05) is 24.8 Å². The Morgan fingerprint density at radius 2 is 2.12 bits per heavy atom. The Hall–Kier alpha value is -1.26. The van der Waals surface area contributed by atoms with E-state index in [9.17, 15) is 5.11 Å². The number of rotatable bonds is 6. The normalized spacial score (nSPS) is 12.6. The molecule has 0 saturated carbocycles. The summed E-state index contributed by atoms with van der Waals surface area (Å²) in [5.41, 5.74) is 2.14. The van der Waals surface area contributed by atoms with Crippen molar-refractivity contribution in [3.8, 4) is 5.75 Å². The van der Waals surface area contributed by atoms with Crippen molar-refractivity contribution < 1.29 is 9.84 Å². The predicted molar refractivity (Wildman–Crippen MR) is 70.8 cm³/mol. The summed E-state index contributed by atoms with van der Waals surface area (Å²) >= 11 is 0. The maximum absolute atomic E-state index is 9.76. The number of benzene rings is 1. The van der Waals surface area contributed by atoms with Crippen LogP contribution in [-0.4, -0.2) is 50.4 Å². The third-order valence-electron chi connectivity index (χ3n) is 2.55. The zero-order chi connectivity index (χ0) is 12.8. The maximum Gasteiger partial charge on any atom is 0.120 e. The van der Waals surface area contributed by atoms with E-state index in [-0.39, 0.29) is 6.10 Å². The fraction of sp³-hybridized carbons (Fsp3) is 0.538. The van der Waals surface area contributed by atoms with Gasteiger partial charge < -0.3 is 20.1 Å². The highest BCUT2D eigenvalue weighted by Crippen LogP contribution is 2.21. The molecule has 0 saturated heterocycles. The van der Waals surface area contributed by atoms with Crippen LogP contribution in [0.5, 0.6) is 5.75 Å². The van der Waals surface area contributed by atoms with Crippen LogP contribution in [0.1, 0.15) is 5.56 Å². The Morgan fingerprint density at radius 1 is 1.41 bits per heavy atom. The van der Waals surface area contributed by atoms with Crippen LogP contribution in [0.15, 0.2) is 18.2 Å². The summed E-state index contributed by atoms with van der Waals surface area (Å²) in [4.78, 5) is 1.96. The van der Waals surface area contributed by atoms with Crippen molar-refractivity contribution in [2.24, 2.45) is 0 Å². The Balaban J connectivity index is 2.56. The molecule has 1 unspecified atom stereocenters. The average molecular weight is 238 g/mol. The first-order chi connectivity index (χ1) is 8.02. The monoisotopic (exact) mass is 238 g/mol. The van der Waals surface area contributed by atoms with Crippen molar-refractivity contribution in [1.82, 2.24) is 4.90 Å². The molecule has 0 fully saturated rings. The molecule has 0 aliphatic rings. The van der Waals surface area contributed by atoms with Gasteiger partial charge in [-0.2, -0.15) is 0 Å². The molecule has 0 aliphatic carbocycles. The van der Waals surface area contributed by atoms with Gasteiger partial charge in [-0.25, -0.2) is 0 Å². The maximum atomic E-state index is 9.76. The number of nitrogens with one attached hydrogen (secondary N) is 1. The van der Waals surface area contributed by atoms with Crippen LogP contribution < -0.4 is 10.1 Å². The summed E-state index contributed by atoms with van der Waals surface area (Å²) in [6, 6.07) is 5.87. The van der Waals surface area contributed by atoms with Crippen molar-refractivity contribution in [3.05, 3.63) is 23.8 Å². The van der Waals surface area contributed by atoms with Crippen LogP contribution in [-0.2, 0) is 0 Å². The molecule has 2 N–H and O–H groups in total. The Morgan fingerprint density at radius 3 is 2.71 bits per heavy atom. The molecule has 0 radical (unpaired) electrons. The highest BCUT2D eigenvalue weighted by molar-refractivity contribution is 5.54. The summed E-state index contributed by atoms with van der Waals surface area (Å²) < 4.78 is 5.17. The second kappa shape index (κ2) is 6.47. The van der Waals surface area contributed by atoms with Gasteiger partial charge in [0.1, 0.15) is 5.75 Å². The molecule has 0 bridgehead atoms. The van der Waals surface area contributed by atoms with E-state index in [0.29, 0.717) is 13.1 Å². The van der Waals surface area contributed by atoms with E-state index in [1.807, 2.05) is 44.1 Å². The number of nitrogens with zero attached hydrogens (tertiary/aromatic N) is 1. The molecule has 17 heavy (non-hydrogen) atoms. The van der Waals surface area contributed by atoms with Crippen LogP contribution in [0.2, 0.25) is 0 Å². The molecule has 96 valence electrons. The molecule has 0 aliphatic heterocycles. The minimum absolute atomic E-state index is 0.379. The first-order valence-electron chi connectivity index (χ1n) is 5.74. The van der Waals surface area contributed by atoms with Crippen LogP contribution in [0, 0.1) is 6.92 Å². The van der Waals surface area contributed by atoms with E-state index in [2.05, 4.69) is 5.32 Å². The standard InChI is InChI=1S/C13H22N2O2/c1-10-5-6-12(17-4)7-13(10)14-8-11(16)9-15(2)3/h5-7,11,14,16H,8-9H2,1-4H3. The van der Waals surface area contributed by atoms with Crippen LogP contribution in [0.3, 0.4) is 0 Å².